The smallest absolute Gasteiger partial charge is 0.0931 e. The van der Waals surface area contributed by atoms with E-state index in [9.17, 15) is 0 Å². The van der Waals surface area contributed by atoms with Crippen molar-refractivity contribution >= 4 is 0 Å². The van der Waals surface area contributed by atoms with Crippen LogP contribution in [0, 0.1) is 5.92 Å². The maximum Gasteiger partial charge on any atom is 0.0931 e. The summed E-state index contributed by atoms with van der Waals surface area (Å²) < 4.78 is 11.8. The predicted molar refractivity (Wildman–Crippen MR) is 112 cm³/mol. The van der Waals surface area contributed by atoms with Crippen molar-refractivity contribution in [3.8, 4) is 0 Å². The lowest BCUT2D eigenvalue weighted by Gasteiger charge is -2.27. The van der Waals surface area contributed by atoms with Crippen molar-refractivity contribution in [1.29, 1.82) is 0 Å². The molecule has 1 aromatic carbocycles. The zero-order valence-corrected chi connectivity index (χ0v) is 17.6. The summed E-state index contributed by atoms with van der Waals surface area (Å²) in [5.41, 5.74) is 1.37. The third kappa shape index (κ3) is 10.3. The van der Waals surface area contributed by atoms with Gasteiger partial charge in [-0.3, -0.25) is 4.90 Å². The average Bonchev–Trinajstić information content (AvgIpc) is 2.68. The van der Waals surface area contributed by atoms with Gasteiger partial charge in [0, 0.05) is 26.8 Å². The molecule has 0 spiro atoms. The molecule has 0 saturated carbocycles. The normalized spacial score (nSPS) is 13.9. The highest BCUT2D eigenvalue weighted by molar-refractivity contribution is 5.14. The summed E-state index contributed by atoms with van der Waals surface area (Å²) in [6.07, 6.45) is 7.63. The second-order valence-corrected chi connectivity index (χ2v) is 7.39. The molecule has 150 valence electrons. The minimum Gasteiger partial charge on any atom is -0.378 e. The van der Waals surface area contributed by atoms with E-state index >= 15 is 0 Å². The van der Waals surface area contributed by atoms with Gasteiger partial charge in [0.2, 0.25) is 0 Å². The third-order valence-corrected chi connectivity index (χ3v) is 5.07. The lowest BCUT2D eigenvalue weighted by Crippen LogP contribution is -2.36. The van der Waals surface area contributed by atoms with Gasteiger partial charge in [-0.2, -0.15) is 0 Å². The Bertz CT molecular complexity index is 423. The minimum absolute atomic E-state index is 0.138. The lowest BCUT2D eigenvalue weighted by molar-refractivity contribution is -0.0210. The van der Waals surface area contributed by atoms with Crippen LogP contribution in [0.3, 0.4) is 0 Å². The molecule has 0 bridgehead atoms. The molecule has 0 aromatic heterocycles. The molecule has 0 saturated heterocycles. The maximum atomic E-state index is 6.04. The monoisotopic (exact) mass is 363 g/mol. The van der Waals surface area contributed by atoms with Crippen LogP contribution in [0.1, 0.15) is 64.9 Å². The van der Waals surface area contributed by atoms with Crippen LogP contribution in [-0.2, 0) is 16.0 Å². The summed E-state index contributed by atoms with van der Waals surface area (Å²) >= 11 is 0. The molecule has 0 amide bonds. The van der Waals surface area contributed by atoms with Gasteiger partial charge in [0.25, 0.3) is 0 Å². The molecule has 0 heterocycles. The highest BCUT2D eigenvalue weighted by Gasteiger charge is 2.15. The van der Waals surface area contributed by atoms with Crippen LogP contribution in [0.25, 0.3) is 0 Å². The first-order valence-corrected chi connectivity index (χ1v) is 10.6. The number of hydrogen-bond acceptors (Lipinski definition) is 3. The van der Waals surface area contributed by atoms with Gasteiger partial charge in [-0.25, -0.2) is 0 Å². The van der Waals surface area contributed by atoms with Crippen LogP contribution in [0.4, 0.5) is 0 Å². The molecular formula is C23H41NO2. The maximum absolute atomic E-state index is 6.04. The first-order chi connectivity index (χ1) is 12.7. The first-order valence-electron chi connectivity index (χ1n) is 10.6. The third-order valence-electron chi connectivity index (χ3n) is 5.07. The summed E-state index contributed by atoms with van der Waals surface area (Å²) in [7, 11) is 1.81. The zero-order valence-electron chi connectivity index (χ0n) is 17.6. The number of methoxy groups -OCH3 is 1. The number of unbranched alkanes of at least 4 members (excludes halogenated alkanes) is 2. The minimum atomic E-state index is 0.138. The van der Waals surface area contributed by atoms with E-state index < -0.39 is 0 Å². The van der Waals surface area contributed by atoms with Gasteiger partial charge in [0.05, 0.1) is 12.7 Å². The Labute approximate surface area is 162 Å². The predicted octanol–water partition coefficient (Wildman–Crippen LogP) is 5.54. The summed E-state index contributed by atoms with van der Waals surface area (Å²) in [6, 6.07) is 10.7. The fourth-order valence-electron chi connectivity index (χ4n) is 3.21. The largest absolute Gasteiger partial charge is 0.378 e. The van der Waals surface area contributed by atoms with E-state index in [1.54, 1.807) is 0 Å². The number of hydrogen-bond donors (Lipinski definition) is 0. The zero-order chi connectivity index (χ0) is 19.0. The Balaban J connectivity index is 2.46. The van der Waals surface area contributed by atoms with Gasteiger partial charge < -0.3 is 9.47 Å². The van der Waals surface area contributed by atoms with Crippen molar-refractivity contribution in [2.24, 2.45) is 5.92 Å². The summed E-state index contributed by atoms with van der Waals surface area (Å²) in [6.45, 7) is 11.3. The molecule has 3 nitrogen and oxygen atoms in total. The quantitative estimate of drug-likeness (QED) is 0.385. The van der Waals surface area contributed by atoms with Crippen LogP contribution >= 0.6 is 0 Å². The Morgan fingerprint density at radius 3 is 2.31 bits per heavy atom. The molecule has 1 rings (SSSR count). The number of rotatable bonds is 16. The Morgan fingerprint density at radius 2 is 1.69 bits per heavy atom. The van der Waals surface area contributed by atoms with Crippen LogP contribution < -0.4 is 0 Å². The Kier molecular flexibility index (Phi) is 13.5. The average molecular weight is 364 g/mol. The Hall–Kier alpha value is -0.900. The van der Waals surface area contributed by atoms with E-state index in [4.69, 9.17) is 9.47 Å². The number of benzene rings is 1. The van der Waals surface area contributed by atoms with Crippen molar-refractivity contribution in [2.75, 3.05) is 33.4 Å². The summed E-state index contributed by atoms with van der Waals surface area (Å²) in [5.74, 6) is 0.688. The molecule has 0 aliphatic heterocycles. The molecule has 2 unspecified atom stereocenters. The molecule has 0 fully saturated rings. The van der Waals surface area contributed by atoms with Crippen LogP contribution in [0.5, 0.6) is 0 Å². The van der Waals surface area contributed by atoms with Crippen LogP contribution in [-0.4, -0.2) is 44.4 Å². The van der Waals surface area contributed by atoms with Crippen molar-refractivity contribution in [1.82, 2.24) is 4.90 Å². The second-order valence-electron chi connectivity index (χ2n) is 7.39. The van der Waals surface area contributed by atoms with Gasteiger partial charge in [-0.1, -0.05) is 76.8 Å². The summed E-state index contributed by atoms with van der Waals surface area (Å²) in [5, 5.41) is 0. The van der Waals surface area contributed by atoms with Crippen molar-refractivity contribution in [3.05, 3.63) is 35.9 Å². The molecular weight excluding hydrogens is 322 g/mol. The molecule has 0 aliphatic carbocycles. The van der Waals surface area contributed by atoms with Crippen molar-refractivity contribution < 1.29 is 9.47 Å². The molecule has 1 aromatic rings. The molecule has 2 atom stereocenters. The summed E-state index contributed by atoms with van der Waals surface area (Å²) in [4.78, 5) is 2.50. The van der Waals surface area contributed by atoms with Crippen LogP contribution in [0.15, 0.2) is 30.3 Å². The fourth-order valence-corrected chi connectivity index (χ4v) is 3.21. The molecule has 3 heteroatoms. The van der Waals surface area contributed by atoms with Crippen molar-refractivity contribution in [2.45, 2.75) is 71.9 Å². The SMILES string of the molecule is CCCCC(CC)COCC(CN(CCCC)Cc1ccccc1)OC. The highest BCUT2D eigenvalue weighted by atomic mass is 16.5. The first kappa shape index (κ1) is 23.1. The molecule has 0 N–H and O–H groups in total. The fraction of sp³-hybridized carbons (Fsp3) is 0.739. The molecule has 26 heavy (non-hydrogen) atoms. The van der Waals surface area contributed by atoms with Gasteiger partial charge in [-0.05, 0) is 30.9 Å². The lowest BCUT2D eigenvalue weighted by atomic mass is 10.0. The molecule has 0 radical (unpaired) electrons. The number of ether oxygens (including phenoxy) is 2. The van der Waals surface area contributed by atoms with E-state index in [-0.39, 0.29) is 6.10 Å². The second kappa shape index (κ2) is 15.2. The standard InChI is InChI=1S/C23H41NO2/c1-5-8-13-21(7-3)19-26-20-23(25-4)18-24(16-9-6-2)17-22-14-11-10-12-15-22/h10-12,14-15,21,23H,5-9,13,16-20H2,1-4H3. The molecule has 0 aliphatic rings. The van der Waals surface area contributed by atoms with Gasteiger partial charge in [-0.15, -0.1) is 0 Å². The van der Waals surface area contributed by atoms with Gasteiger partial charge in [0.1, 0.15) is 0 Å². The van der Waals surface area contributed by atoms with Gasteiger partial charge >= 0.3 is 0 Å². The topological polar surface area (TPSA) is 21.7 Å². The van der Waals surface area contributed by atoms with E-state index in [1.165, 1.54) is 44.1 Å². The Morgan fingerprint density at radius 1 is 0.962 bits per heavy atom. The number of nitrogens with zero attached hydrogens (tertiary/aromatic N) is 1. The van der Waals surface area contributed by atoms with Crippen molar-refractivity contribution in [3.63, 3.8) is 0 Å². The van der Waals surface area contributed by atoms with E-state index in [0.717, 1.165) is 26.2 Å². The van der Waals surface area contributed by atoms with E-state index in [0.29, 0.717) is 12.5 Å². The van der Waals surface area contributed by atoms with E-state index in [2.05, 4.69) is 56.0 Å². The van der Waals surface area contributed by atoms with Crippen LogP contribution in [0.2, 0.25) is 0 Å². The van der Waals surface area contributed by atoms with E-state index in [1.807, 2.05) is 7.11 Å². The van der Waals surface area contributed by atoms with Gasteiger partial charge in [0.15, 0.2) is 0 Å². The highest BCUT2D eigenvalue weighted by Crippen LogP contribution is 2.14.